The van der Waals surface area contributed by atoms with Crippen LogP contribution in [0.5, 0.6) is 0 Å². The van der Waals surface area contributed by atoms with Crippen molar-refractivity contribution in [1.82, 2.24) is 0 Å². The molecular weight excluding hydrogens is 248 g/mol. The second kappa shape index (κ2) is 3.26. The highest BCUT2D eigenvalue weighted by Gasteiger charge is 2.61. The first-order valence-corrected chi connectivity index (χ1v) is 8.02. The van der Waals surface area contributed by atoms with Gasteiger partial charge in [-0.05, 0) is 25.7 Å². The third-order valence-corrected chi connectivity index (χ3v) is 9.06. The largest absolute Gasteiger partial charge is 0.481 e. The molecule has 4 heterocycles. The lowest BCUT2D eigenvalue weighted by atomic mass is 9.76. The fourth-order valence-electron chi connectivity index (χ4n) is 2.92. The molecule has 0 spiro atoms. The second-order valence-electron chi connectivity index (χ2n) is 4.67. The molecule has 2 atom stereocenters. The van der Waals surface area contributed by atoms with Crippen LogP contribution in [0, 0.1) is 5.41 Å². The maximum Gasteiger partial charge on any atom is 0.309 e. The molecule has 0 aromatic rings. The van der Waals surface area contributed by atoms with E-state index in [0.717, 1.165) is 25.7 Å². The number of carboxylic acid groups (broad SMARTS) is 1. The van der Waals surface area contributed by atoms with Gasteiger partial charge in [0.1, 0.15) is 0 Å². The highest BCUT2D eigenvalue weighted by molar-refractivity contribution is 8.34. The number of hydrogen-bond donors (Lipinski definition) is 1. The van der Waals surface area contributed by atoms with E-state index in [0.29, 0.717) is 9.16 Å². The maximum atomic E-state index is 11.5. The smallest absolute Gasteiger partial charge is 0.309 e. The molecule has 4 saturated heterocycles. The molecule has 0 aliphatic carbocycles. The predicted octanol–water partition coefficient (Wildman–Crippen LogP) is 3.23. The highest BCUT2D eigenvalue weighted by Crippen LogP contribution is 2.72. The monoisotopic (exact) mass is 262 g/mol. The number of aliphatic carboxylic acids is 1. The van der Waals surface area contributed by atoms with Gasteiger partial charge in [0.05, 0.1) is 18.7 Å². The van der Waals surface area contributed by atoms with E-state index >= 15 is 0 Å². The molecule has 4 aliphatic heterocycles. The van der Waals surface area contributed by atoms with Crippen LogP contribution in [0.4, 0.5) is 0 Å². The van der Waals surface area contributed by atoms with Crippen molar-refractivity contribution in [3.8, 4) is 0 Å². The van der Waals surface area contributed by atoms with Crippen molar-refractivity contribution >= 4 is 41.3 Å². The first-order chi connectivity index (χ1) is 7.07. The lowest BCUT2D eigenvalue weighted by Crippen LogP contribution is -2.53. The van der Waals surface area contributed by atoms with Crippen LogP contribution >= 0.6 is 35.3 Å². The predicted molar refractivity (Wildman–Crippen MR) is 67.3 cm³/mol. The van der Waals surface area contributed by atoms with Crippen molar-refractivity contribution in [3.63, 3.8) is 0 Å². The van der Waals surface area contributed by atoms with Crippen LogP contribution in [0.25, 0.3) is 0 Å². The molecule has 0 amide bonds. The van der Waals surface area contributed by atoms with E-state index in [4.69, 9.17) is 0 Å². The lowest BCUT2D eigenvalue weighted by molar-refractivity contribution is -0.150. The van der Waals surface area contributed by atoms with Gasteiger partial charge in [-0.25, -0.2) is 0 Å². The summed E-state index contributed by atoms with van der Waals surface area (Å²) < 4.78 is 1.29. The van der Waals surface area contributed by atoms with E-state index in [1.165, 1.54) is 0 Å². The third kappa shape index (κ3) is 1.46. The molecule has 0 radical (unpaired) electrons. The summed E-state index contributed by atoms with van der Waals surface area (Å²) >= 11 is 6.07. The van der Waals surface area contributed by atoms with Gasteiger partial charge in [0.2, 0.25) is 0 Å². The summed E-state index contributed by atoms with van der Waals surface area (Å²) in [6.07, 6.45) is 3.76. The van der Waals surface area contributed by atoms with E-state index in [9.17, 15) is 9.90 Å². The number of rotatable bonds is 2. The van der Waals surface area contributed by atoms with Crippen molar-refractivity contribution in [2.75, 3.05) is 0 Å². The van der Waals surface area contributed by atoms with Crippen LogP contribution in [0.15, 0.2) is 0 Å². The van der Waals surface area contributed by atoms with Crippen LogP contribution in [-0.2, 0) is 4.79 Å². The van der Waals surface area contributed by atoms with Crippen LogP contribution in [0.1, 0.15) is 32.6 Å². The Kier molecular flexibility index (Phi) is 2.32. The minimum absolute atomic E-state index is 0.218. The van der Waals surface area contributed by atoms with Crippen LogP contribution in [-0.4, -0.2) is 24.3 Å². The Bertz CT molecular complexity index is 304. The molecule has 4 bridgehead atoms. The molecule has 2 nitrogen and oxygen atoms in total. The molecule has 0 aromatic heterocycles. The van der Waals surface area contributed by atoms with Crippen molar-refractivity contribution in [2.24, 2.45) is 5.41 Å². The van der Waals surface area contributed by atoms with Gasteiger partial charge in [-0.15, -0.1) is 35.3 Å². The van der Waals surface area contributed by atoms with Crippen LogP contribution in [0.3, 0.4) is 0 Å². The standard InChI is InChI=1S/C10H14O2S3/c1-2-10-5-9(8(11)12)3-6(14-10)13-7(4-9)15-10/h6-7H,2-5H2,1H3,(H,11,12). The second-order valence-corrected chi connectivity index (χ2v) is 10.1. The summed E-state index contributed by atoms with van der Waals surface area (Å²) in [5.74, 6) is -0.545. The van der Waals surface area contributed by atoms with Gasteiger partial charge in [0, 0.05) is 0 Å². The van der Waals surface area contributed by atoms with Gasteiger partial charge < -0.3 is 5.11 Å². The minimum Gasteiger partial charge on any atom is -0.481 e. The van der Waals surface area contributed by atoms with E-state index < -0.39 is 5.97 Å². The molecule has 4 fully saturated rings. The van der Waals surface area contributed by atoms with E-state index in [1.54, 1.807) is 0 Å². The molecule has 4 rings (SSSR count). The molecule has 5 heteroatoms. The molecular formula is C10H14O2S3. The zero-order valence-electron chi connectivity index (χ0n) is 8.56. The third-order valence-electron chi connectivity index (χ3n) is 3.71. The molecule has 15 heavy (non-hydrogen) atoms. The van der Waals surface area contributed by atoms with E-state index in [2.05, 4.69) is 6.92 Å². The number of carboxylic acids is 1. The number of thioether (sulfide) groups is 3. The Morgan fingerprint density at radius 2 is 2.00 bits per heavy atom. The molecule has 0 saturated carbocycles. The van der Waals surface area contributed by atoms with Crippen molar-refractivity contribution in [3.05, 3.63) is 0 Å². The first kappa shape index (κ1) is 10.7. The summed E-state index contributed by atoms with van der Waals surface area (Å²) in [5, 5.41) is 9.46. The minimum atomic E-state index is -0.545. The van der Waals surface area contributed by atoms with Crippen LogP contribution < -0.4 is 0 Å². The first-order valence-electron chi connectivity index (χ1n) is 5.32. The van der Waals surface area contributed by atoms with Gasteiger partial charge in [-0.1, -0.05) is 6.92 Å². The zero-order valence-corrected chi connectivity index (χ0v) is 11.0. The van der Waals surface area contributed by atoms with Crippen molar-refractivity contribution in [1.29, 1.82) is 0 Å². The maximum absolute atomic E-state index is 11.5. The summed E-state index contributed by atoms with van der Waals surface area (Å²) in [7, 11) is 0. The van der Waals surface area contributed by atoms with E-state index in [1.807, 2.05) is 35.3 Å². The Morgan fingerprint density at radius 1 is 1.40 bits per heavy atom. The Hall–Kier alpha value is 0.520. The van der Waals surface area contributed by atoms with Crippen molar-refractivity contribution < 1.29 is 9.90 Å². The molecule has 0 aromatic carbocycles. The highest BCUT2D eigenvalue weighted by atomic mass is 32.3. The topological polar surface area (TPSA) is 37.3 Å². The zero-order chi connectivity index (χ0) is 10.7. The van der Waals surface area contributed by atoms with Gasteiger partial charge in [0.15, 0.2) is 0 Å². The lowest BCUT2D eigenvalue weighted by Gasteiger charge is -2.58. The molecule has 2 unspecified atom stereocenters. The number of carbonyl (C=O) groups is 1. The van der Waals surface area contributed by atoms with Gasteiger partial charge in [-0.2, -0.15) is 0 Å². The van der Waals surface area contributed by atoms with Crippen LogP contribution in [0.2, 0.25) is 0 Å². The Balaban J connectivity index is 1.99. The SMILES string of the molecule is CCC12CC3(C(=O)O)CC(SC(C3)S1)S2. The summed E-state index contributed by atoms with van der Waals surface area (Å²) in [4.78, 5) is 11.5. The molecule has 84 valence electrons. The average Bonchev–Trinajstić information content (AvgIpc) is 2.15. The van der Waals surface area contributed by atoms with E-state index in [-0.39, 0.29) is 9.49 Å². The fourth-order valence-corrected chi connectivity index (χ4v) is 10.8. The van der Waals surface area contributed by atoms with Gasteiger partial charge in [-0.3, -0.25) is 4.79 Å². The Morgan fingerprint density at radius 3 is 2.47 bits per heavy atom. The summed E-state index contributed by atoms with van der Waals surface area (Å²) in [6.45, 7) is 2.20. The normalized spacial score (nSPS) is 52.1. The summed E-state index contributed by atoms with van der Waals surface area (Å²) in [6, 6.07) is 0. The van der Waals surface area contributed by atoms with Crippen molar-refractivity contribution in [2.45, 2.75) is 45.9 Å². The molecule has 4 aliphatic rings. The summed E-state index contributed by atoms with van der Waals surface area (Å²) in [5.41, 5.74) is -0.382. The fraction of sp³-hybridized carbons (Fsp3) is 0.900. The quantitative estimate of drug-likeness (QED) is 0.827. The number of hydrogen-bond acceptors (Lipinski definition) is 4. The Labute approximate surface area is 102 Å². The average molecular weight is 262 g/mol. The van der Waals surface area contributed by atoms with Gasteiger partial charge in [0.25, 0.3) is 0 Å². The molecule has 1 N–H and O–H groups in total. The van der Waals surface area contributed by atoms with Gasteiger partial charge >= 0.3 is 5.97 Å².